The Kier molecular flexibility index (Phi) is 5.44. The van der Waals surface area contributed by atoms with Gasteiger partial charge in [-0.3, -0.25) is 9.69 Å². The minimum Gasteiger partial charge on any atom is -0.344 e. The van der Waals surface area contributed by atoms with E-state index in [0.29, 0.717) is 30.2 Å². The fourth-order valence-electron chi connectivity index (χ4n) is 2.36. The van der Waals surface area contributed by atoms with Gasteiger partial charge in [-0.15, -0.1) is 0 Å². The highest BCUT2D eigenvalue weighted by Gasteiger charge is 2.28. The predicted molar refractivity (Wildman–Crippen MR) is 83.2 cm³/mol. The van der Waals surface area contributed by atoms with Gasteiger partial charge in [0, 0.05) is 32.5 Å². The van der Waals surface area contributed by atoms with E-state index in [2.05, 4.69) is 10.1 Å². The zero-order chi connectivity index (χ0) is 17.0. The minimum atomic E-state index is -0.673. The third kappa shape index (κ3) is 4.13. The highest BCUT2D eigenvalue weighted by Crippen LogP contribution is 2.23. The number of rotatable bonds is 6. The van der Waals surface area contributed by atoms with Crippen molar-refractivity contribution in [1.82, 2.24) is 19.9 Å². The molecule has 0 saturated heterocycles. The average molecular weight is 320 g/mol. The van der Waals surface area contributed by atoms with Crippen molar-refractivity contribution in [1.29, 1.82) is 0 Å². The predicted octanol–water partition coefficient (Wildman–Crippen LogP) is 1.82. The molecule has 7 heteroatoms. The minimum absolute atomic E-state index is 0.180. The first-order valence-corrected chi connectivity index (χ1v) is 7.35. The van der Waals surface area contributed by atoms with Gasteiger partial charge >= 0.3 is 0 Å². The Morgan fingerprint density at radius 2 is 2.00 bits per heavy atom. The molecule has 0 aliphatic heterocycles. The fourth-order valence-corrected chi connectivity index (χ4v) is 2.36. The molecule has 2 aromatic rings. The summed E-state index contributed by atoms with van der Waals surface area (Å²) >= 11 is 0. The summed E-state index contributed by atoms with van der Waals surface area (Å²) in [5.74, 6) is 0.475. The van der Waals surface area contributed by atoms with Gasteiger partial charge in [0.05, 0.1) is 0 Å². The van der Waals surface area contributed by atoms with E-state index in [1.54, 1.807) is 56.1 Å². The van der Waals surface area contributed by atoms with E-state index in [1.807, 2.05) is 0 Å². The van der Waals surface area contributed by atoms with Crippen LogP contribution < -0.4 is 0 Å². The molecule has 0 aliphatic rings. The summed E-state index contributed by atoms with van der Waals surface area (Å²) in [4.78, 5) is 20.1. The summed E-state index contributed by atoms with van der Waals surface area (Å²) in [5.41, 5.74) is 0.366. The number of halogens is 1. The number of hydrogen-bond acceptors (Lipinski definition) is 5. The van der Waals surface area contributed by atoms with Crippen LogP contribution in [0.3, 0.4) is 0 Å². The molecule has 0 fully saturated rings. The molecule has 0 radical (unpaired) electrons. The van der Waals surface area contributed by atoms with Crippen molar-refractivity contribution in [2.75, 3.05) is 27.7 Å². The number of carbonyl (C=O) groups is 1. The summed E-state index contributed by atoms with van der Waals surface area (Å²) < 4.78 is 19.0. The van der Waals surface area contributed by atoms with Crippen molar-refractivity contribution in [3.8, 4) is 0 Å². The Morgan fingerprint density at radius 1 is 1.30 bits per heavy atom. The largest absolute Gasteiger partial charge is 0.344 e. The smallest absolute Gasteiger partial charge is 0.244 e. The number of carbonyl (C=O) groups excluding carboxylic acids is 1. The molecule has 0 bridgehead atoms. The monoisotopic (exact) mass is 320 g/mol. The average Bonchev–Trinajstić information content (AvgIpc) is 2.92. The van der Waals surface area contributed by atoms with E-state index in [-0.39, 0.29) is 11.7 Å². The van der Waals surface area contributed by atoms with E-state index in [9.17, 15) is 9.18 Å². The molecule has 1 amide bonds. The van der Waals surface area contributed by atoms with Crippen LogP contribution in [0.4, 0.5) is 4.39 Å². The van der Waals surface area contributed by atoms with Gasteiger partial charge < -0.3 is 9.42 Å². The van der Waals surface area contributed by atoms with Crippen LogP contribution in [0.25, 0.3) is 0 Å². The van der Waals surface area contributed by atoms with Gasteiger partial charge in [-0.1, -0.05) is 23.4 Å². The lowest BCUT2D eigenvalue weighted by atomic mass is 10.0. The molecule has 0 N–H and O–H groups in total. The van der Waals surface area contributed by atoms with Crippen molar-refractivity contribution in [3.05, 3.63) is 47.4 Å². The second kappa shape index (κ2) is 7.32. The standard InChI is InChI=1S/C16H21FN4O2/c1-11-18-14(19-23-11)9-10-21(4)16(22)15(20(2)3)12-7-5-6-8-13(12)17/h5-8,15H,9-10H2,1-4H3. The van der Waals surface area contributed by atoms with Crippen molar-refractivity contribution in [2.24, 2.45) is 0 Å². The van der Waals surface area contributed by atoms with Gasteiger partial charge in [-0.2, -0.15) is 4.98 Å². The maximum Gasteiger partial charge on any atom is 0.244 e. The molecule has 0 spiro atoms. The first kappa shape index (κ1) is 17.1. The summed E-state index contributed by atoms with van der Waals surface area (Å²) in [6.45, 7) is 2.14. The van der Waals surface area contributed by atoms with Gasteiger partial charge in [-0.25, -0.2) is 4.39 Å². The Hall–Kier alpha value is -2.28. The SMILES string of the molecule is Cc1nc(CCN(C)C(=O)C(c2ccccc2F)N(C)C)no1. The number of benzene rings is 1. The lowest BCUT2D eigenvalue weighted by Crippen LogP contribution is -2.39. The fraction of sp³-hybridized carbons (Fsp3) is 0.438. The molecule has 23 heavy (non-hydrogen) atoms. The maximum absolute atomic E-state index is 14.0. The molecule has 0 aliphatic carbocycles. The van der Waals surface area contributed by atoms with Gasteiger partial charge in [0.2, 0.25) is 11.8 Å². The number of amides is 1. The topological polar surface area (TPSA) is 62.5 Å². The van der Waals surface area contributed by atoms with Gasteiger partial charge in [-0.05, 0) is 20.2 Å². The van der Waals surface area contributed by atoms with E-state index in [4.69, 9.17) is 4.52 Å². The molecule has 1 atom stereocenters. The van der Waals surface area contributed by atoms with Crippen LogP contribution in [0.5, 0.6) is 0 Å². The third-order valence-electron chi connectivity index (χ3n) is 3.57. The summed E-state index contributed by atoms with van der Waals surface area (Å²) in [6.07, 6.45) is 0.483. The molecule has 1 aromatic heterocycles. The lowest BCUT2D eigenvalue weighted by Gasteiger charge is -2.28. The van der Waals surface area contributed by atoms with Crippen molar-refractivity contribution < 1.29 is 13.7 Å². The number of likely N-dealkylation sites (N-methyl/N-ethyl adjacent to an activating group) is 2. The van der Waals surface area contributed by atoms with Crippen LogP contribution in [-0.2, 0) is 11.2 Å². The van der Waals surface area contributed by atoms with Gasteiger partial charge in [0.25, 0.3) is 0 Å². The number of aromatic nitrogens is 2. The molecular weight excluding hydrogens is 299 g/mol. The summed E-state index contributed by atoms with van der Waals surface area (Å²) in [6, 6.07) is 5.66. The van der Waals surface area contributed by atoms with Crippen LogP contribution in [0.2, 0.25) is 0 Å². The Labute approximate surface area is 134 Å². The highest BCUT2D eigenvalue weighted by molar-refractivity contribution is 5.83. The molecule has 0 saturated carbocycles. The van der Waals surface area contributed by atoms with E-state index >= 15 is 0 Å². The molecule has 2 rings (SSSR count). The molecule has 1 aromatic carbocycles. The van der Waals surface area contributed by atoms with E-state index < -0.39 is 6.04 Å². The molecule has 1 heterocycles. The van der Waals surface area contributed by atoms with Crippen molar-refractivity contribution >= 4 is 5.91 Å². The van der Waals surface area contributed by atoms with Crippen LogP contribution in [0.15, 0.2) is 28.8 Å². The summed E-state index contributed by atoms with van der Waals surface area (Å²) in [7, 11) is 5.20. The lowest BCUT2D eigenvalue weighted by molar-refractivity contribution is -0.135. The third-order valence-corrected chi connectivity index (χ3v) is 3.57. The van der Waals surface area contributed by atoms with Crippen molar-refractivity contribution in [2.45, 2.75) is 19.4 Å². The number of nitrogens with zero attached hydrogens (tertiary/aromatic N) is 4. The number of aryl methyl sites for hydroxylation is 1. The second-order valence-electron chi connectivity index (χ2n) is 5.63. The van der Waals surface area contributed by atoms with Crippen LogP contribution in [0, 0.1) is 12.7 Å². The first-order valence-electron chi connectivity index (χ1n) is 7.35. The second-order valence-corrected chi connectivity index (χ2v) is 5.63. The summed E-state index contributed by atoms with van der Waals surface area (Å²) in [5, 5.41) is 3.80. The zero-order valence-electron chi connectivity index (χ0n) is 13.8. The Balaban J connectivity index is 2.10. The maximum atomic E-state index is 14.0. The van der Waals surface area contributed by atoms with Crippen LogP contribution in [-0.4, -0.2) is 53.5 Å². The molecule has 124 valence electrons. The van der Waals surface area contributed by atoms with Crippen molar-refractivity contribution in [3.63, 3.8) is 0 Å². The van der Waals surface area contributed by atoms with Gasteiger partial charge in [0.15, 0.2) is 5.82 Å². The van der Waals surface area contributed by atoms with Crippen LogP contribution >= 0.6 is 0 Å². The highest BCUT2D eigenvalue weighted by atomic mass is 19.1. The zero-order valence-corrected chi connectivity index (χ0v) is 13.8. The van der Waals surface area contributed by atoms with E-state index in [0.717, 1.165) is 0 Å². The molecular formula is C16H21FN4O2. The quantitative estimate of drug-likeness (QED) is 0.812. The van der Waals surface area contributed by atoms with E-state index in [1.165, 1.54) is 6.07 Å². The normalized spacial score (nSPS) is 12.4. The Morgan fingerprint density at radius 3 is 2.57 bits per heavy atom. The molecule has 1 unspecified atom stereocenters. The Bertz CT molecular complexity index is 672. The van der Waals surface area contributed by atoms with Gasteiger partial charge in [0.1, 0.15) is 11.9 Å². The number of hydrogen-bond donors (Lipinski definition) is 0. The molecule has 6 nitrogen and oxygen atoms in total. The first-order chi connectivity index (χ1) is 10.9. The van der Waals surface area contributed by atoms with Crippen LogP contribution in [0.1, 0.15) is 23.3 Å².